The maximum atomic E-state index is 13.2. The first-order chi connectivity index (χ1) is 65.4. The van der Waals surface area contributed by atoms with E-state index < -0.39 is 45.8 Å². The molecule has 0 heterocycles. The quantitative estimate of drug-likeness (QED) is 0.00776. The van der Waals surface area contributed by atoms with Gasteiger partial charge in [0.15, 0.2) is 0 Å². The number of likely N-dealkylation sites (N-methyl/N-ethyl adjacent to an activating group) is 3. The molecule has 0 aliphatic heterocycles. The van der Waals surface area contributed by atoms with Gasteiger partial charge in [0.2, 0.25) is 0 Å². The van der Waals surface area contributed by atoms with Crippen LogP contribution in [0.3, 0.4) is 0 Å². The number of rotatable bonds is 37. The van der Waals surface area contributed by atoms with Crippen LogP contribution in [0.5, 0.6) is 34.5 Å². The lowest BCUT2D eigenvalue weighted by molar-refractivity contribution is 0.0592. The van der Waals surface area contributed by atoms with Crippen LogP contribution in [-0.4, -0.2) is 209 Å². The van der Waals surface area contributed by atoms with Crippen LogP contribution in [0.1, 0.15) is 136 Å². The van der Waals surface area contributed by atoms with Crippen LogP contribution in [0, 0.1) is 13.8 Å². The highest BCUT2D eigenvalue weighted by molar-refractivity contribution is 9.09. The third-order valence-electron chi connectivity index (χ3n) is 21.3. The van der Waals surface area contributed by atoms with Gasteiger partial charge < -0.3 is 84.4 Å². The molecule has 0 aliphatic carbocycles. The van der Waals surface area contributed by atoms with Gasteiger partial charge in [-0.15, -0.1) is 0 Å². The number of alkyl halides is 1. The van der Waals surface area contributed by atoms with Gasteiger partial charge in [0.05, 0.1) is 90.3 Å². The van der Waals surface area contributed by atoms with E-state index >= 15 is 0 Å². The van der Waals surface area contributed by atoms with Crippen LogP contribution in [0.25, 0.3) is 44.5 Å². The Labute approximate surface area is 802 Å². The normalized spacial score (nSPS) is 10.7. The van der Waals surface area contributed by atoms with Crippen LogP contribution < -0.4 is 40.2 Å². The summed E-state index contributed by atoms with van der Waals surface area (Å²) in [5.74, 6) is -2.86. The number of amides is 4. The molecule has 0 bridgehead atoms. The van der Waals surface area contributed by atoms with E-state index in [1.807, 2.05) is 172 Å². The fourth-order valence-electron chi connectivity index (χ4n) is 13.7. The molecule has 30 heteroatoms. The van der Waals surface area contributed by atoms with E-state index in [0.717, 1.165) is 115 Å². The molecule has 8 N–H and O–H groups in total. The van der Waals surface area contributed by atoms with Gasteiger partial charge in [-0.3, -0.25) is 23.7 Å². The monoisotopic (exact) mass is 1930 g/mol. The smallest absolute Gasteiger partial charge is 0.339 e. The fourth-order valence-corrected chi connectivity index (χ4v) is 13.9. The number of methoxy groups -OCH3 is 3. The summed E-state index contributed by atoms with van der Waals surface area (Å²) in [5.41, 5.74) is 11.7. The van der Waals surface area contributed by atoms with E-state index in [0.29, 0.717) is 89.1 Å². The number of nitrogens with one attached hydrogen (secondary N) is 4. The average molecular weight is 1940 g/mol. The number of aryl methyl sites for hydroxylation is 2. The van der Waals surface area contributed by atoms with Gasteiger partial charge in [0, 0.05) is 36.1 Å². The summed E-state index contributed by atoms with van der Waals surface area (Å²) in [7, 11) is 0.250. The standard InChI is InChI=1S/C28H32N2O4.C27H30N2O5.C26H28N2O5.C24H22BrNO4.CH4O3S/c1-5-30(6-2)16-17-34-23-14-12-20(3)25(19-23)27(31)29-26-18-22(21-10-8-7-9-11-21)13-15-24(26)28(32)33-4;1-4-29(5-2)15-16-34-21-12-14-25(30)23(18-21)26(31)28-24-17-20(19-9-7-6-8-10-19)11-13-22(24)27(32)33-3;1-3-28(4-2)14-15-33-20-11-13-24(29)22(17-20)25(30)27-23-16-19(10-12-21(23)26(31)32)18-8-6-5-7-9-18;1-16-8-10-19(30-13-12-25)15-21(16)23(27)26-22-14-18(17-6-4-3-5-7-17)9-11-20(22)24(28)29-2;1-5(2,3)4/h7-15,18-19H,5-6,16-17H2,1-4H3,(H,29,31);6-14,17-18,30H,4-5,15-16H2,1-3H3,(H,28,31);5-13,16-17,29H,3-4,14-15H2,1-2H3,(H,27,30)(H,31,32);3-11,14-15H,12-13H2,1-2H3,(H,26,27);1H3,(H,2,3,4). The third-order valence-corrected chi connectivity index (χ3v) is 21.7. The Bertz CT molecular complexity index is 5940. The van der Waals surface area contributed by atoms with Crippen LogP contribution in [0.4, 0.5) is 22.7 Å². The molecule has 12 aromatic carbocycles. The summed E-state index contributed by atoms with van der Waals surface area (Å²) in [6.45, 7) is 26.1. The van der Waals surface area contributed by atoms with Crippen molar-refractivity contribution in [2.45, 2.75) is 55.4 Å². The number of aromatic carboxylic acids is 1. The number of benzene rings is 12. The second-order valence-corrected chi connectivity index (χ2v) is 32.6. The lowest BCUT2D eigenvalue weighted by Gasteiger charge is -2.18. The van der Waals surface area contributed by atoms with Crippen molar-refractivity contribution in [3.63, 3.8) is 0 Å². The molecule has 0 atom stereocenters. The number of carboxylic acid groups (broad SMARTS) is 1. The highest BCUT2D eigenvalue weighted by Gasteiger charge is 2.25. The summed E-state index contributed by atoms with van der Waals surface area (Å²) < 4.78 is 63.6. The van der Waals surface area contributed by atoms with Crippen molar-refractivity contribution in [3.8, 4) is 79.0 Å². The van der Waals surface area contributed by atoms with E-state index in [2.05, 4.69) is 93.4 Å². The van der Waals surface area contributed by atoms with Crippen LogP contribution >= 0.6 is 15.9 Å². The lowest BCUT2D eigenvalue weighted by Crippen LogP contribution is -2.27. The number of carboxylic acids is 1. The van der Waals surface area contributed by atoms with E-state index in [9.17, 15) is 62.1 Å². The van der Waals surface area contributed by atoms with Gasteiger partial charge in [0.1, 0.15) is 54.3 Å². The van der Waals surface area contributed by atoms with Crippen molar-refractivity contribution in [2.75, 3.05) is 140 Å². The number of phenols is 2. The number of halogens is 1. The molecule has 136 heavy (non-hydrogen) atoms. The Kier molecular flexibility index (Phi) is 42.9. The molecule has 12 aromatic rings. The third kappa shape index (κ3) is 33.0. The molecular weight excluding hydrogens is 1820 g/mol. The summed E-state index contributed by atoms with van der Waals surface area (Å²) in [6.07, 6.45) is 0.715. The van der Waals surface area contributed by atoms with Gasteiger partial charge in [-0.2, -0.15) is 8.42 Å². The highest BCUT2D eigenvalue weighted by atomic mass is 79.9. The van der Waals surface area contributed by atoms with Gasteiger partial charge >= 0.3 is 23.9 Å². The first-order valence-corrected chi connectivity index (χ1v) is 46.9. The summed E-state index contributed by atoms with van der Waals surface area (Å²) >= 11 is 3.32. The van der Waals surface area contributed by atoms with E-state index in [1.54, 1.807) is 78.9 Å². The van der Waals surface area contributed by atoms with Crippen LogP contribution in [-0.2, 0) is 24.3 Å². The molecule has 0 aromatic heterocycles. The SMILES string of the molecule is CCN(CC)CCOc1ccc(C)c(C(=O)Nc2cc(-c3ccccc3)ccc2C(=O)OC)c1.CCN(CC)CCOc1ccc(O)c(C(=O)Nc2cc(-c3ccccc3)ccc2C(=O)O)c1.CCN(CC)CCOc1ccc(O)c(C(=O)Nc2cc(-c3ccccc3)ccc2C(=O)OC)c1.COC(=O)c1ccc(-c2ccccc2)cc1NC(=O)c1cc(OCCBr)ccc1C.CS(=O)(=O)O. The molecule has 28 nitrogen and oxygen atoms in total. The van der Waals surface area contributed by atoms with Crippen molar-refractivity contribution in [3.05, 3.63) is 323 Å². The molecule has 714 valence electrons. The van der Waals surface area contributed by atoms with E-state index in [1.165, 1.54) is 51.7 Å². The van der Waals surface area contributed by atoms with Crippen molar-refractivity contribution >= 4 is 96.3 Å². The van der Waals surface area contributed by atoms with Crippen LogP contribution in [0.2, 0.25) is 0 Å². The largest absolute Gasteiger partial charge is 0.507 e. The van der Waals surface area contributed by atoms with E-state index in [-0.39, 0.29) is 62.5 Å². The predicted octanol–water partition coefficient (Wildman–Crippen LogP) is 19.9. The number of aromatic hydroxyl groups is 2. The summed E-state index contributed by atoms with van der Waals surface area (Å²) in [4.78, 5) is 108. The number of esters is 3. The van der Waals surface area contributed by atoms with Gasteiger partial charge in [-0.25, -0.2) is 19.2 Å². The summed E-state index contributed by atoms with van der Waals surface area (Å²) in [6, 6.07) is 78.7. The molecule has 4 amide bonds. The second kappa shape index (κ2) is 54.6. The Morgan fingerprint density at radius 3 is 0.801 bits per heavy atom. The Balaban J connectivity index is 0.000000219. The molecule has 12 rings (SSSR count). The summed E-state index contributed by atoms with van der Waals surface area (Å²) in [5, 5.41) is 42.0. The van der Waals surface area contributed by atoms with Gasteiger partial charge in [-0.05, 0) is 218 Å². The predicted molar refractivity (Wildman–Crippen MR) is 535 cm³/mol. The first-order valence-electron chi connectivity index (χ1n) is 43.9. The Morgan fingerprint density at radius 2 is 0.551 bits per heavy atom. The first kappa shape index (κ1) is 107. The minimum Gasteiger partial charge on any atom is -0.507 e. The van der Waals surface area contributed by atoms with Gasteiger partial charge in [0.25, 0.3) is 33.7 Å². The molecule has 0 spiro atoms. The molecule has 0 radical (unpaired) electrons. The Morgan fingerprint density at radius 1 is 0.316 bits per heavy atom. The molecule has 0 fully saturated rings. The number of anilines is 4. The molecule has 0 saturated carbocycles. The minimum atomic E-state index is -3.67. The number of ether oxygens (including phenoxy) is 7. The van der Waals surface area contributed by atoms with Crippen molar-refractivity contribution < 1.29 is 99.8 Å². The van der Waals surface area contributed by atoms with Crippen molar-refractivity contribution in [1.82, 2.24) is 14.7 Å². The zero-order valence-corrected chi connectivity index (χ0v) is 80.6. The minimum absolute atomic E-state index is 0.00297. The second-order valence-electron chi connectivity index (χ2n) is 30.3. The Hall–Kier alpha value is -14.5. The fraction of sp³-hybridized carbons (Fsp3) is 0.245. The number of hydrogen-bond donors (Lipinski definition) is 8. The van der Waals surface area contributed by atoms with Crippen LogP contribution in [0.15, 0.2) is 267 Å². The number of carbonyl (C=O) groups is 8. The highest BCUT2D eigenvalue weighted by Crippen LogP contribution is 2.35. The molecule has 0 saturated heterocycles. The maximum Gasteiger partial charge on any atom is 0.339 e. The topological polar surface area (TPSA) is 374 Å². The maximum absolute atomic E-state index is 13.2. The molecule has 0 unspecified atom stereocenters. The lowest BCUT2D eigenvalue weighted by atomic mass is 10.0. The number of phenolic OH excluding ortho intramolecular Hbond substituents is 2. The molecule has 0 aliphatic rings. The number of hydrogen-bond acceptors (Lipinski definition) is 22. The molecular formula is C106H116BrN7O21S. The number of carbonyl (C=O) groups excluding carboxylic acids is 7. The van der Waals surface area contributed by atoms with Crippen molar-refractivity contribution in [2.24, 2.45) is 0 Å². The van der Waals surface area contributed by atoms with E-state index in [4.69, 9.17) is 37.7 Å². The van der Waals surface area contributed by atoms with Gasteiger partial charge in [-0.1, -0.05) is 215 Å². The number of nitrogens with zero attached hydrogens (tertiary/aromatic N) is 3. The zero-order chi connectivity index (χ0) is 98.8. The van der Waals surface area contributed by atoms with Crippen molar-refractivity contribution in [1.29, 1.82) is 0 Å². The zero-order valence-electron chi connectivity index (χ0n) is 78.2. The average Bonchev–Trinajstić information content (AvgIpc) is 0.815.